The van der Waals surface area contributed by atoms with Crippen LogP contribution in [0.15, 0.2) is 18.5 Å². The summed E-state index contributed by atoms with van der Waals surface area (Å²) in [6.07, 6.45) is 3.60. The zero-order valence-corrected chi connectivity index (χ0v) is 6.70. The van der Waals surface area contributed by atoms with Crippen LogP contribution in [0.1, 0.15) is 6.92 Å². The van der Waals surface area contributed by atoms with Crippen molar-refractivity contribution in [1.29, 1.82) is 0 Å². The molecule has 4 N–H and O–H groups in total. The summed E-state index contributed by atoms with van der Waals surface area (Å²) >= 11 is 0. The molecule has 4 heteroatoms. The van der Waals surface area contributed by atoms with Crippen LogP contribution in [-0.2, 0) is 6.54 Å². The van der Waals surface area contributed by atoms with Crippen molar-refractivity contribution >= 4 is 0 Å². The van der Waals surface area contributed by atoms with Gasteiger partial charge in [-0.1, -0.05) is 0 Å². The predicted octanol–water partition coefficient (Wildman–Crippen LogP) is -0.441. The van der Waals surface area contributed by atoms with Crippen LogP contribution < -0.4 is 11.5 Å². The van der Waals surface area contributed by atoms with E-state index in [4.69, 9.17) is 11.5 Å². The van der Waals surface area contributed by atoms with E-state index in [1.54, 1.807) is 10.9 Å². The smallest absolute Gasteiger partial charge is 0.0598 e. The summed E-state index contributed by atoms with van der Waals surface area (Å²) in [5.41, 5.74) is 10.9. The molecule has 0 spiro atoms. The fraction of sp³-hybridized carbons (Fsp3) is 0.571. The van der Waals surface area contributed by atoms with Crippen molar-refractivity contribution in [2.75, 3.05) is 6.54 Å². The molecule has 0 radical (unpaired) electrons. The summed E-state index contributed by atoms with van der Waals surface area (Å²) in [5, 5.41) is 4.03. The second-order valence-electron chi connectivity index (χ2n) is 3.06. The Kier molecular flexibility index (Phi) is 2.26. The van der Waals surface area contributed by atoms with E-state index in [1.165, 1.54) is 0 Å². The maximum absolute atomic E-state index is 5.82. The normalized spacial score (nSPS) is 16.3. The van der Waals surface area contributed by atoms with E-state index in [1.807, 2.05) is 19.2 Å². The fourth-order valence-corrected chi connectivity index (χ4v) is 0.829. The number of aromatic nitrogens is 2. The van der Waals surface area contributed by atoms with Crippen molar-refractivity contribution in [2.24, 2.45) is 11.5 Å². The Labute approximate surface area is 66.2 Å². The van der Waals surface area contributed by atoms with Crippen LogP contribution in [0.3, 0.4) is 0 Å². The summed E-state index contributed by atoms with van der Waals surface area (Å²) < 4.78 is 1.78. The molecule has 0 bridgehead atoms. The molecular formula is C7H14N4. The Morgan fingerprint density at radius 3 is 2.82 bits per heavy atom. The minimum absolute atomic E-state index is 0.355. The molecule has 1 aromatic rings. The van der Waals surface area contributed by atoms with Crippen LogP contribution in [0.25, 0.3) is 0 Å². The van der Waals surface area contributed by atoms with Gasteiger partial charge in [-0.05, 0) is 13.0 Å². The largest absolute Gasteiger partial charge is 0.329 e. The minimum Gasteiger partial charge on any atom is -0.329 e. The lowest BCUT2D eigenvalue weighted by Crippen LogP contribution is -2.47. The van der Waals surface area contributed by atoms with E-state index < -0.39 is 0 Å². The van der Waals surface area contributed by atoms with Crippen molar-refractivity contribution in [3.05, 3.63) is 18.5 Å². The quantitative estimate of drug-likeness (QED) is 0.620. The highest BCUT2D eigenvalue weighted by Crippen LogP contribution is 1.99. The zero-order valence-electron chi connectivity index (χ0n) is 6.70. The first kappa shape index (κ1) is 8.23. The van der Waals surface area contributed by atoms with Gasteiger partial charge in [0.1, 0.15) is 0 Å². The Morgan fingerprint density at radius 1 is 1.64 bits per heavy atom. The third-order valence-electron chi connectivity index (χ3n) is 1.55. The second-order valence-corrected chi connectivity index (χ2v) is 3.06. The van der Waals surface area contributed by atoms with Crippen molar-refractivity contribution in [3.63, 3.8) is 0 Å². The Balaban J connectivity index is 2.56. The minimum atomic E-state index is -0.355. The Hall–Kier alpha value is -0.870. The molecular weight excluding hydrogens is 140 g/mol. The van der Waals surface area contributed by atoms with E-state index in [2.05, 4.69) is 5.10 Å². The molecule has 0 aliphatic heterocycles. The van der Waals surface area contributed by atoms with Crippen molar-refractivity contribution in [2.45, 2.75) is 19.0 Å². The van der Waals surface area contributed by atoms with Crippen LogP contribution in [0.2, 0.25) is 0 Å². The van der Waals surface area contributed by atoms with Gasteiger partial charge in [0.2, 0.25) is 0 Å². The summed E-state index contributed by atoms with van der Waals surface area (Å²) in [4.78, 5) is 0. The molecule has 4 nitrogen and oxygen atoms in total. The van der Waals surface area contributed by atoms with Gasteiger partial charge in [0.05, 0.1) is 6.54 Å². The molecule has 11 heavy (non-hydrogen) atoms. The summed E-state index contributed by atoms with van der Waals surface area (Å²) in [6.45, 7) is 3.04. The molecule has 1 aromatic heterocycles. The fourth-order valence-electron chi connectivity index (χ4n) is 0.829. The molecule has 1 unspecified atom stereocenters. The van der Waals surface area contributed by atoms with Crippen molar-refractivity contribution in [1.82, 2.24) is 9.78 Å². The number of nitrogens with zero attached hydrogens (tertiary/aromatic N) is 2. The second kappa shape index (κ2) is 3.02. The van der Waals surface area contributed by atoms with Crippen LogP contribution in [0.5, 0.6) is 0 Å². The molecule has 1 rings (SSSR count). The van der Waals surface area contributed by atoms with Crippen LogP contribution in [0, 0.1) is 0 Å². The summed E-state index contributed by atoms with van der Waals surface area (Å²) in [5.74, 6) is 0. The van der Waals surface area contributed by atoms with Gasteiger partial charge >= 0.3 is 0 Å². The predicted molar refractivity (Wildman–Crippen MR) is 43.9 cm³/mol. The van der Waals surface area contributed by atoms with Gasteiger partial charge in [-0.3, -0.25) is 4.68 Å². The Morgan fingerprint density at radius 2 is 2.36 bits per heavy atom. The number of nitrogens with two attached hydrogens (primary N) is 2. The van der Waals surface area contributed by atoms with Crippen LogP contribution in [0.4, 0.5) is 0 Å². The van der Waals surface area contributed by atoms with E-state index in [-0.39, 0.29) is 5.54 Å². The molecule has 0 aliphatic carbocycles. The third-order valence-corrected chi connectivity index (χ3v) is 1.55. The number of hydrogen-bond donors (Lipinski definition) is 2. The average Bonchev–Trinajstić information content (AvgIpc) is 2.39. The first-order valence-corrected chi connectivity index (χ1v) is 3.60. The van der Waals surface area contributed by atoms with Gasteiger partial charge in [-0.2, -0.15) is 5.10 Å². The maximum atomic E-state index is 5.82. The molecule has 0 saturated carbocycles. The molecule has 0 fully saturated rings. The third kappa shape index (κ3) is 2.32. The average molecular weight is 154 g/mol. The SMILES string of the molecule is CC(N)(CN)Cn1cccn1. The van der Waals surface area contributed by atoms with E-state index in [0.29, 0.717) is 13.1 Å². The van der Waals surface area contributed by atoms with E-state index >= 15 is 0 Å². The number of hydrogen-bond acceptors (Lipinski definition) is 3. The molecule has 0 saturated heterocycles. The van der Waals surface area contributed by atoms with Gasteiger partial charge < -0.3 is 11.5 Å². The lowest BCUT2D eigenvalue weighted by Gasteiger charge is -2.21. The van der Waals surface area contributed by atoms with Gasteiger partial charge in [0, 0.05) is 24.5 Å². The summed E-state index contributed by atoms with van der Waals surface area (Å²) in [6, 6.07) is 1.87. The number of rotatable bonds is 3. The highest BCUT2D eigenvalue weighted by Gasteiger charge is 2.16. The van der Waals surface area contributed by atoms with Crippen molar-refractivity contribution < 1.29 is 0 Å². The van der Waals surface area contributed by atoms with E-state index in [9.17, 15) is 0 Å². The van der Waals surface area contributed by atoms with Crippen LogP contribution in [-0.4, -0.2) is 21.9 Å². The monoisotopic (exact) mass is 154 g/mol. The molecule has 62 valence electrons. The molecule has 1 atom stereocenters. The topological polar surface area (TPSA) is 69.9 Å². The van der Waals surface area contributed by atoms with Gasteiger partial charge in [0.15, 0.2) is 0 Å². The molecule has 0 aromatic carbocycles. The highest BCUT2D eigenvalue weighted by atomic mass is 15.3. The van der Waals surface area contributed by atoms with Crippen LogP contribution >= 0.6 is 0 Å². The maximum Gasteiger partial charge on any atom is 0.0598 e. The lowest BCUT2D eigenvalue weighted by atomic mass is 10.1. The highest BCUT2D eigenvalue weighted by molar-refractivity contribution is 4.84. The Bertz CT molecular complexity index is 202. The standard InChI is InChI=1S/C7H14N4/c1-7(9,5-8)6-11-4-2-3-10-11/h2-4H,5-6,8-9H2,1H3. The van der Waals surface area contributed by atoms with E-state index in [0.717, 1.165) is 0 Å². The zero-order chi connectivity index (χ0) is 8.32. The first-order valence-electron chi connectivity index (χ1n) is 3.60. The summed E-state index contributed by atoms with van der Waals surface area (Å²) in [7, 11) is 0. The molecule has 1 heterocycles. The van der Waals surface area contributed by atoms with Gasteiger partial charge in [-0.25, -0.2) is 0 Å². The van der Waals surface area contributed by atoms with Gasteiger partial charge in [0.25, 0.3) is 0 Å². The first-order chi connectivity index (χ1) is 5.14. The molecule has 0 amide bonds. The van der Waals surface area contributed by atoms with Crippen molar-refractivity contribution in [3.8, 4) is 0 Å². The van der Waals surface area contributed by atoms with Gasteiger partial charge in [-0.15, -0.1) is 0 Å². The lowest BCUT2D eigenvalue weighted by molar-refractivity contribution is 0.385. The molecule has 0 aliphatic rings.